The summed E-state index contributed by atoms with van der Waals surface area (Å²) in [4.78, 5) is 24.8. The summed E-state index contributed by atoms with van der Waals surface area (Å²) >= 11 is 1.34. The van der Waals surface area contributed by atoms with Crippen molar-refractivity contribution < 1.29 is 9.21 Å². The molecule has 0 aliphatic carbocycles. The molecule has 0 saturated heterocycles. The van der Waals surface area contributed by atoms with Gasteiger partial charge in [0.2, 0.25) is 0 Å². The minimum Gasteiger partial charge on any atom is -0.463 e. The molecule has 4 aromatic rings. The fraction of sp³-hybridized carbons (Fsp3) is 0. The first-order chi connectivity index (χ1) is 11.8. The highest BCUT2D eigenvalue weighted by Crippen LogP contribution is 2.25. The first-order valence-corrected chi connectivity index (χ1v) is 7.93. The van der Waals surface area contributed by atoms with Gasteiger partial charge in [0.25, 0.3) is 5.91 Å². The number of nitrogens with zero attached hydrogens (tertiary/aromatic N) is 4. The van der Waals surface area contributed by atoms with Crippen LogP contribution in [0.5, 0.6) is 0 Å². The lowest BCUT2D eigenvalue weighted by Gasteiger charge is -2.03. The maximum Gasteiger partial charge on any atom is 0.259 e. The van der Waals surface area contributed by atoms with Gasteiger partial charge < -0.3 is 4.42 Å². The van der Waals surface area contributed by atoms with Gasteiger partial charge in [-0.3, -0.25) is 14.7 Å². The van der Waals surface area contributed by atoms with Crippen molar-refractivity contribution in [3.05, 3.63) is 66.4 Å². The molecule has 0 spiro atoms. The Morgan fingerprint density at radius 3 is 2.96 bits per heavy atom. The van der Waals surface area contributed by atoms with Gasteiger partial charge in [-0.2, -0.15) is 0 Å². The zero-order chi connectivity index (χ0) is 16.4. The Labute approximate surface area is 140 Å². The fourth-order valence-electron chi connectivity index (χ4n) is 2.11. The number of amides is 1. The van der Waals surface area contributed by atoms with Crippen molar-refractivity contribution >= 4 is 22.4 Å². The molecular formula is C16H11N5O2S. The molecule has 7 nitrogen and oxygen atoms in total. The van der Waals surface area contributed by atoms with Crippen LogP contribution in [0.15, 0.2) is 65.2 Å². The first kappa shape index (κ1) is 14.3. The summed E-state index contributed by atoms with van der Waals surface area (Å²) in [7, 11) is 0. The quantitative estimate of drug-likeness (QED) is 0.618. The second kappa shape index (κ2) is 6.09. The summed E-state index contributed by atoms with van der Waals surface area (Å²) in [5.41, 5.74) is 1.14. The highest BCUT2D eigenvalue weighted by Gasteiger charge is 2.11. The van der Waals surface area contributed by atoms with Crippen molar-refractivity contribution in [1.29, 1.82) is 0 Å². The Bertz CT molecular complexity index is 943. The molecule has 118 valence electrons. The van der Waals surface area contributed by atoms with E-state index in [2.05, 4.69) is 20.3 Å². The van der Waals surface area contributed by atoms with Crippen molar-refractivity contribution in [3.63, 3.8) is 0 Å². The van der Waals surface area contributed by atoms with Crippen LogP contribution in [-0.2, 0) is 0 Å². The van der Waals surface area contributed by atoms with E-state index in [-0.39, 0.29) is 5.91 Å². The first-order valence-electron chi connectivity index (χ1n) is 7.05. The second-order valence-corrected chi connectivity index (χ2v) is 5.70. The lowest BCUT2D eigenvalue weighted by atomic mass is 10.2. The molecule has 0 unspecified atom stereocenters. The molecule has 0 saturated carbocycles. The molecule has 0 aliphatic rings. The van der Waals surface area contributed by atoms with Crippen LogP contribution in [0.3, 0.4) is 0 Å². The van der Waals surface area contributed by atoms with Crippen molar-refractivity contribution in [1.82, 2.24) is 19.5 Å². The van der Waals surface area contributed by atoms with Gasteiger partial charge in [-0.05, 0) is 24.3 Å². The average Bonchev–Trinajstić information content (AvgIpc) is 3.36. The molecule has 4 heterocycles. The maximum absolute atomic E-state index is 12.3. The van der Waals surface area contributed by atoms with E-state index in [1.54, 1.807) is 47.8 Å². The number of hydrogen-bond acceptors (Lipinski definition) is 6. The van der Waals surface area contributed by atoms with Crippen molar-refractivity contribution in [2.45, 2.75) is 0 Å². The fourth-order valence-corrected chi connectivity index (χ4v) is 2.80. The summed E-state index contributed by atoms with van der Waals surface area (Å²) in [5, 5.41) is 5.10. The van der Waals surface area contributed by atoms with Gasteiger partial charge in [-0.15, -0.1) is 11.3 Å². The van der Waals surface area contributed by atoms with Crippen LogP contribution in [0.4, 0.5) is 5.13 Å². The summed E-state index contributed by atoms with van der Waals surface area (Å²) in [6.45, 7) is 0. The van der Waals surface area contributed by atoms with Crippen LogP contribution in [0.25, 0.3) is 17.3 Å². The summed E-state index contributed by atoms with van der Waals surface area (Å²) in [6, 6.07) is 7.07. The van der Waals surface area contributed by atoms with Gasteiger partial charge in [-0.25, -0.2) is 15.0 Å². The number of aromatic nitrogens is 4. The van der Waals surface area contributed by atoms with Gasteiger partial charge in [-0.1, -0.05) is 0 Å². The lowest BCUT2D eigenvalue weighted by molar-refractivity contribution is 0.102. The van der Waals surface area contributed by atoms with E-state index >= 15 is 0 Å². The Morgan fingerprint density at radius 2 is 2.25 bits per heavy atom. The van der Waals surface area contributed by atoms with E-state index in [0.29, 0.717) is 28.0 Å². The number of pyridine rings is 1. The van der Waals surface area contributed by atoms with Crippen LogP contribution < -0.4 is 5.32 Å². The van der Waals surface area contributed by atoms with Crippen molar-refractivity contribution in [2.75, 3.05) is 5.32 Å². The number of hydrogen-bond donors (Lipinski definition) is 1. The Morgan fingerprint density at radius 1 is 1.29 bits per heavy atom. The third-order valence-corrected chi connectivity index (χ3v) is 4.03. The molecule has 0 atom stereocenters. The molecule has 0 fully saturated rings. The van der Waals surface area contributed by atoms with Gasteiger partial charge in [0, 0.05) is 24.0 Å². The highest BCUT2D eigenvalue weighted by molar-refractivity contribution is 7.14. The summed E-state index contributed by atoms with van der Waals surface area (Å²) in [5.74, 6) is 1.09. The molecule has 4 aromatic heterocycles. The Kier molecular flexibility index (Phi) is 3.64. The van der Waals surface area contributed by atoms with Gasteiger partial charge in [0.1, 0.15) is 17.8 Å². The number of thiazole rings is 1. The van der Waals surface area contributed by atoms with Crippen LogP contribution in [0.1, 0.15) is 10.4 Å². The standard InChI is InChI=1S/C16H11N5O2S/c22-15(11-3-4-14(18-8-11)21-6-5-17-10-21)20-16-19-12(9-24-16)13-2-1-7-23-13/h1-10H,(H,19,20,22). The minimum atomic E-state index is -0.264. The average molecular weight is 337 g/mol. The number of anilines is 1. The van der Waals surface area contributed by atoms with E-state index < -0.39 is 0 Å². The second-order valence-electron chi connectivity index (χ2n) is 4.84. The highest BCUT2D eigenvalue weighted by atomic mass is 32.1. The van der Waals surface area contributed by atoms with Crippen molar-refractivity contribution in [3.8, 4) is 17.3 Å². The SMILES string of the molecule is O=C(Nc1nc(-c2ccco2)cs1)c1ccc(-n2ccnc2)nc1. The lowest BCUT2D eigenvalue weighted by Crippen LogP contribution is -2.12. The molecule has 24 heavy (non-hydrogen) atoms. The van der Waals surface area contributed by atoms with Crippen molar-refractivity contribution in [2.24, 2.45) is 0 Å². The van der Waals surface area contributed by atoms with Crippen LogP contribution in [-0.4, -0.2) is 25.4 Å². The van der Waals surface area contributed by atoms with E-state index in [9.17, 15) is 4.79 Å². The van der Waals surface area contributed by atoms with E-state index in [0.717, 1.165) is 0 Å². The number of nitrogens with one attached hydrogen (secondary N) is 1. The number of carbonyl (C=O) groups excluding carboxylic acids is 1. The molecular weight excluding hydrogens is 326 g/mol. The van der Waals surface area contributed by atoms with E-state index in [1.165, 1.54) is 17.5 Å². The molecule has 0 radical (unpaired) electrons. The molecule has 0 aromatic carbocycles. The molecule has 1 amide bonds. The molecule has 1 N–H and O–H groups in total. The number of furan rings is 1. The zero-order valence-electron chi connectivity index (χ0n) is 12.3. The monoisotopic (exact) mass is 337 g/mol. The van der Waals surface area contributed by atoms with Crippen LogP contribution in [0, 0.1) is 0 Å². The Balaban J connectivity index is 1.48. The molecule has 4 rings (SSSR count). The van der Waals surface area contributed by atoms with E-state index in [4.69, 9.17) is 4.42 Å². The predicted octanol–water partition coefficient (Wildman–Crippen LogP) is 3.24. The normalized spacial score (nSPS) is 10.7. The predicted molar refractivity (Wildman–Crippen MR) is 89.1 cm³/mol. The Hall–Kier alpha value is -3.26. The number of imidazole rings is 1. The largest absolute Gasteiger partial charge is 0.463 e. The molecule has 0 bridgehead atoms. The summed E-state index contributed by atoms with van der Waals surface area (Å²) < 4.78 is 7.05. The van der Waals surface area contributed by atoms with Crippen LogP contribution in [0.2, 0.25) is 0 Å². The number of carbonyl (C=O) groups is 1. The maximum atomic E-state index is 12.3. The van der Waals surface area contributed by atoms with Crippen LogP contribution >= 0.6 is 11.3 Å². The third-order valence-electron chi connectivity index (χ3n) is 3.28. The molecule has 8 heteroatoms. The van der Waals surface area contributed by atoms with E-state index in [1.807, 2.05) is 11.4 Å². The van der Waals surface area contributed by atoms with Gasteiger partial charge in [0.05, 0.1) is 11.8 Å². The smallest absolute Gasteiger partial charge is 0.259 e. The summed E-state index contributed by atoms with van der Waals surface area (Å²) in [6.07, 6.45) is 8.20. The topological polar surface area (TPSA) is 85.8 Å². The third kappa shape index (κ3) is 2.82. The van der Waals surface area contributed by atoms with Gasteiger partial charge >= 0.3 is 0 Å². The minimum absolute atomic E-state index is 0.264. The number of rotatable bonds is 4. The zero-order valence-corrected chi connectivity index (χ0v) is 13.1. The molecule has 0 aliphatic heterocycles. The van der Waals surface area contributed by atoms with Gasteiger partial charge in [0.15, 0.2) is 10.9 Å².